The molecular weight excluding hydrogens is 1200 g/mol. The van der Waals surface area contributed by atoms with Gasteiger partial charge in [0.2, 0.25) is 0 Å². The number of H-pyrrole nitrogens is 1. The zero-order valence-corrected chi connectivity index (χ0v) is 51.9. The third-order valence-corrected chi connectivity index (χ3v) is 18.4. The van der Waals surface area contributed by atoms with Gasteiger partial charge in [0.1, 0.15) is 0 Å². The molecule has 0 aliphatic carbocycles. The fourth-order valence-electron chi connectivity index (χ4n) is 13.4. The van der Waals surface area contributed by atoms with Gasteiger partial charge in [0.05, 0.1) is 56.4 Å². The molecule has 6 nitrogen and oxygen atoms in total. The number of nitrogens with zero attached hydrogens (tertiary/aromatic N) is 5. The van der Waals surface area contributed by atoms with Crippen molar-refractivity contribution >= 4 is 103 Å². The van der Waals surface area contributed by atoms with Crippen LogP contribution < -0.4 is 0 Å². The van der Waals surface area contributed by atoms with Crippen LogP contribution in [-0.2, 0) is 0 Å². The standard InChI is InChI=1S/C43H27N3.C30H20N2.C13H8BrN/c44-28-29-14-16-30(17-15-29)31-18-22-35(23-19-31)46-41-13-7-5-11-37(41)39-27-33(21-25-43(39)46)32-20-24-42-38(26-32)36-10-4-6-12-40(36)45(42)34-8-2-1-3-9-34;1-2-8-22(9-3-1)32-29-13-7-5-11-24(29)26-19-21(15-17-30(26)32)20-14-16-28-25(18-20)23-10-4-6-12-27(23)31-28;14-13-7-5-12(6-8-13)11-3-1-10(9-15)2-4-11/h1-27H;1-19,31H;1-8H. The highest BCUT2D eigenvalue weighted by atomic mass is 79.9. The van der Waals surface area contributed by atoms with Gasteiger partial charge >= 0.3 is 0 Å². The van der Waals surface area contributed by atoms with Gasteiger partial charge in [-0.05, 0) is 190 Å². The molecule has 0 atom stereocenters. The summed E-state index contributed by atoms with van der Waals surface area (Å²) < 4.78 is 8.14. The number of nitrogens with one attached hydrogen (secondary N) is 1. The van der Waals surface area contributed by atoms with Crippen LogP contribution in [0.1, 0.15) is 11.1 Å². The lowest BCUT2D eigenvalue weighted by atomic mass is 10.0. The van der Waals surface area contributed by atoms with Crippen LogP contribution in [-0.4, -0.2) is 18.7 Å². The number of nitriles is 2. The van der Waals surface area contributed by atoms with Crippen LogP contribution in [0.5, 0.6) is 0 Å². The Balaban J connectivity index is 0.000000126. The molecule has 4 aromatic heterocycles. The number of rotatable bonds is 7. The molecule has 0 spiro atoms. The summed E-state index contributed by atoms with van der Waals surface area (Å²) in [6, 6.07) is 119. The lowest BCUT2D eigenvalue weighted by Crippen LogP contribution is -1.94. The average molecular weight is 1250 g/mol. The maximum atomic E-state index is 9.16. The van der Waals surface area contributed by atoms with E-state index >= 15 is 0 Å². The molecule has 0 saturated carbocycles. The third kappa shape index (κ3) is 10.4. The fourth-order valence-corrected chi connectivity index (χ4v) is 13.7. The summed E-state index contributed by atoms with van der Waals surface area (Å²) in [5.74, 6) is 0. The van der Waals surface area contributed by atoms with E-state index in [0.717, 1.165) is 32.4 Å². The highest BCUT2D eigenvalue weighted by molar-refractivity contribution is 9.10. The molecule has 0 aliphatic rings. The molecule has 0 bridgehead atoms. The van der Waals surface area contributed by atoms with Crippen molar-refractivity contribution in [2.45, 2.75) is 0 Å². The van der Waals surface area contributed by atoms with Crippen LogP contribution in [0.3, 0.4) is 0 Å². The summed E-state index contributed by atoms with van der Waals surface area (Å²) in [5, 5.41) is 27.9. The molecule has 0 aliphatic heterocycles. The molecule has 18 aromatic rings. The lowest BCUT2D eigenvalue weighted by Gasteiger charge is -2.10. The number of hydrogen-bond donors (Lipinski definition) is 1. The number of fused-ring (bicyclic) bond motifs is 12. The first-order valence-corrected chi connectivity index (χ1v) is 31.8. The Morgan fingerprint density at radius 3 is 0.935 bits per heavy atom. The topological polar surface area (TPSA) is 78.2 Å². The van der Waals surface area contributed by atoms with Crippen LogP contribution >= 0.6 is 15.9 Å². The van der Waals surface area contributed by atoms with Crippen LogP contribution in [0.4, 0.5) is 0 Å². The summed E-state index contributed by atoms with van der Waals surface area (Å²) in [4.78, 5) is 3.53. The van der Waals surface area contributed by atoms with Crippen molar-refractivity contribution in [3.8, 4) is 73.7 Å². The van der Waals surface area contributed by atoms with Gasteiger partial charge in [-0.1, -0.05) is 198 Å². The predicted octanol–water partition coefficient (Wildman–Crippen LogP) is 23.2. The van der Waals surface area contributed by atoms with E-state index in [1.807, 2.05) is 72.8 Å². The van der Waals surface area contributed by atoms with Gasteiger partial charge in [-0.25, -0.2) is 0 Å². The normalized spacial score (nSPS) is 11.3. The smallest absolute Gasteiger partial charge is 0.0991 e. The van der Waals surface area contributed by atoms with E-state index in [1.54, 1.807) is 0 Å². The SMILES string of the molecule is N#Cc1ccc(-c2ccc(-n3c4ccccc4c4cc(-c5ccc6c(c5)c5ccccc5n6-c5ccccc5)ccc43)cc2)cc1.N#Cc1ccc(-c2ccc(Br)cc2)cc1.c1ccc(-n2c3ccccc3c3cc(-c4ccc5[nH]c6ccccc6c5c4)ccc32)cc1. The number of halogens is 1. The Hall–Kier alpha value is -12.3. The van der Waals surface area contributed by atoms with Gasteiger partial charge in [-0.2, -0.15) is 10.5 Å². The molecule has 93 heavy (non-hydrogen) atoms. The maximum Gasteiger partial charge on any atom is 0.0991 e. The van der Waals surface area contributed by atoms with E-state index in [9.17, 15) is 0 Å². The predicted molar refractivity (Wildman–Crippen MR) is 391 cm³/mol. The zero-order valence-electron chi connectivity index (χ0n) is 50.3. The van der Waals surface area contributed by atoms with Crippen molar-refractivity contribution in [2.75, 3.05) is 0 Å². The van der Waals surface area contributed by atoms with Gasteiger partial charge in [0, 0.05) is 75.7 Å². The molecule has 18 rings (SSSR count). The number of benzene rings is 14. The molecule has 1 N–H and O–H groups in total. The van der Waals surface area contributed by atoms with Crippen molar-refractivity contribution in [3.63, 3.8) is 0 Å². The van der Waals surface area contributed by atoms with Crippen molar-refractivity contribution in [1.82, 2.24) is 18.7 Å². The Kier molecular flexibility index (Phi) is 14.4. The Labute approximate surface area is 545 Å². The largest absolute Gasteiger partial charge is 0.355 e. The molecule has 0 radical (unpaired) electrons. The summed E-state index contributed by atoms with van der Waals surface area (Å²) in [5.41, 5.74) is 23.8. The molecule has 0 amide bonds. The van der Waals surface area contributed by atoms with E-state index < -0.39 is 0 Å². The van der Waals surface area contributed by atoms with Crippen molar-refractivity contribution in [3.05, 3.63) is 343 Å². The molecule has 14 aromatic carbocycles. The second-order valence-corrected chi connectivity index (χ2v) is 24.2. The van der Waals surface area contributed by atoms with E-state index in [0.29, 0.717) is 11.1 Å². The quantitative estimate of drug-likeness (QED) is 0.173. The molecule has 0 saturated heterocycles. The number of aromatic nitrogens is 4. The minimum atomic E-state index is 0.670. The van der Waals surface area contributed by atoms with Crippen molar-refractivity contribution in [1.29, 1.82) is 10.5 Å². The molecular formula is C86H55BrN6. The van der Waals surface area contributed by atoms with E-state index in [-0.39, 0.29) is 0 Å². The highest BCUT2D eigenvalue weighted by Gasteiger charge is 2.18. The zero-order chi connectivity index (χ0) is 62.4. The van der Waals surface area contributed by atoms with Gasteiger partial charge in [0.15, 0.2) is 0 Å². The molecule has 0 unspecified atom stereocenters. The van der Waals surface area contributed by atoms with E-state index in [2.05, 4.69) is 302 Å². The molecule has 0 fully saturated rings. The van der Waals surface area contributed by atoms with Crippen LogP contribution in [0, 0.1) is 22.7 Å². The summed E-state index contributed by atoms with van der Waals surface area (Å²) >= 11 is 3.40. The number of hydrogen-bond acceptors (Lipinski definition) is 2. The third-order valence-electron chi connectivity index (χ3n) is 17.9. The maximum absolute atomic E-state index is 9.16. The minimum absolute atomic E-state index is 0.670. The lowest BCUT2D eigenvalue weighted by molar-refractivity contribution is 1.18. The van der Waals surface area contributed by atoms with Crippen LogP contribution in [0.25, 0.3) is 149 Å². The Morgan fingerprint density at radius 2 is 0.527 bits per heavy atom. The van der Waals surface area contributed by atoms with Gasteiger partial charge < -0.3 is 18.7 Å². The highest BCUT2D eigenvalue weighted by Crippen LogP contribution is 2.40. The van der Waals surface area contributed by atoms with E-state index in [4.69, 9.17) is 10.5 Å². The second-order valence-electron chi connectivity index (χ2n) is 23.3. The first kappa shape index (κ1) is 56.0. The minimum Gasteiger partial charge on any atom is -0.355 e. The molecule has 7 heteroatoms. The molecule has 4 heterocycles. The summed E-state index contributed by atoms with van der Waals surface area (Å²) in [6.07, 6.45) is 0. The summed E-state index contributed by atoms with van der Waals surface area (Å²) in [6.45, 7) is 0. The Morgan fingerprint density at radius 1 is 0.237 bits per heavy atom. The number of aromatic amines is 1. The molecule has 436 valence electrons. The van der Waals surface area contributed by atoms with Crippen molar-refractivity contribution < 1.29 is 0 Å². The second kappa shape index (κ2) is 23.9. The van der Waals surface area contributed by atoms with Crippen molar-refractivity contribution in [2.24, 2.45) is 0 Å². The average Bonchev–Trinajstić information content (AvgIpc) is 1.61. The van der Waals surface area contributed by atoms with Crippen LogP contribution in [0.2, 0.25) is 0 Å². The Bertz CT molecular complexity index is 5920. The first-order valence-electron chi connectivity index (χ1n) is 31.0. The van der Waals surface area contributed by atoms with E-state index in [1.165, 1.54) is 121 Å². The van der Waals surface area contributed by atoms with Crippen LogP contribution in [0.15, 0.2) is 332 Å². The monoisotopic (exact) mass is 1250 g/mol. The summed E-state index contributed by atoms with van der Waals surface area (Å²) in [7, 11) is 0. The first-order chi connectivity index (χ1) is 45.9. The fraction of sp³-hybridized carbons (Fsp3) is 0. The number of para-hydroxylation sites is 6. The van der Waals surface area contributed by atoms with Gasteiger partial charge in [0.25, 0.3) is 0 Å². The van der Waals surface area contributed by atoms with Gasteiger partial charge in [-0.3, -0.25) is 0 Å². The van der Waals surface area contributed by atoms with Gasteiger partial charge in [-0.15, -0.1) is 0 Å².